The van der Waals surface area contributed by atoms with Crippen LogP contribution in [-0.4, -0.2) is 91.5 Å². The SMILES string of the molecule is CCCCc1c(COCC(=O)N(CC)CC)c(CCCC)c(COCC(=O)N(CC)CC)c(CCCC)c1COCC(=O)N(CC)CC. The Bertz CT molecular complexity index is 926. The van der Waals surface area contributed by atoms with Crippen LogP contribution in [0.25, 0.3) is 0 Å². The number of hydrogen-bond donors (Lipinski definition) is 0. The Labute approximate surface area is 293 Å². The zero-order chi connectivity index (χ0) is 35.9. The van der Waals surface area contributed by atoms with Gasteiger partial charge in [-0.3, -0.25) is 14.4 Å². The summed E-state index contributed by atoms with van der Waals surface area (Å²) in [6, 6.07) is 0. The van der Waals surface area contributed by atoms with Crippen LogP contribution in [0.1, 0.15) is 134 Å². The Morgan fingerprint density at radius 1 is 0.396 bits per heavy atom. The van der Waals surface area contributed by atoms with Crippen molar-refractivity contribution in [3.63, 3.8) is 0 Å². The van der Waals surface area contributed by atoms with Crippen molar-refractivity contribution in [1.82, 2.24) is 14.7 Å². The molecule has 0 saturated carbocycles. The lowest BCUT2D eigenvalue weighted by atomic mass is 9.81. The second-order valence-electron chi connectivity index (χ2n) is 12.4. The van der Waals surface area contributed by atoms with Gasteiger partial charge in [0.1, 0.15) is 19.8 Å². The summed E-state index contributed by atoms with van der Waals surface area (Å²) in [6.07, 6.45) is 8.71. The molecule has 9 nitrogen and oxygen atoms in total. The van der Waals surface area contributed by atoms with Crippen molar-refractivity contribution in [3.8, 4) is 0 Å². The molecule has 0 aliphatic heterocycles. The van der Waals surface area contributed by atoms with Gasteiger partial charge in [0, 0.05) is 39.3 Å². The van der Waals surface area contributed by atoms with Crippen LogP contribution in [0.3, 0.4) is 0 Å². The Kier molecular flexibility index (Phi) is 23.1. The topological polar surface area (TPSA) is 88.6 Å². The number of likely N-dealkylation sites (N-methyl/N-ethyl adjacent to an activating group) is 3. The van der Waals surface area contributed by atoms with Crippen LogP contribution in [-0.2, 0) is 67.7 Å². The fraction of sp³-hybridized carbons (Fsp3) is 0.769. The molecule has 0 aliphatic carbocycles. The Morgan fingerprint density at radius 2 is 0.625 bits per heavy atom. The van der Waals surface area contributed by atoms with Gasteiger partial charge >= 0.3 is 0 Å². The maximum atomic E-state index is 12.9. The maximum Gasteiger partial charge on any atom is 0.248 e. The van der Waals surface area contributed by atoms with E-state index < -0.39 is 0 Å². The second-order valence-corrected chi connectivity index (χ2v) is 12.4. The summed E-state index contributed by atoms with van der Waals surface area (Å²) in [5.74, 6) is -0.0369. The molecule has 1 rings (SSSR count). The monoisotopic (exact) mass is 676 g/mol. The second kappa shape index (κ2) is 25.5. The first-order valence-electron chi connectivity index (χ1n) is 19.0. The number of hydrogen-bond acceptors (Lipinski definition) is 6. The number of carbonyl (C=O) groups is 3. The number of carbonyl (C=O) groups excluding carboxylic acids is 3. The summed E-state index contributed by atoms with van der Waals surface area (Å²) in [4.78, 5) is 44.2. The minimum Gasteiger partial charge on any atom is -0.367 e. The fourth-order valence-corrected chi connectivity index (χ4v) is 6.31. The van der Waals surface area contributed by atoms with Crippen molar-refractivity contribution in [2.24, 2.45) is 0 Å². The normalized spacial score (nSPS) is 11.2. The number of amides is 3. The molecular formula is C39H69N3O6. The van der Waals surface area contributed by atoms with Gasteiger partial charge in [-0.2, -0.15) is 0 Å². The van der Waals surface area contributed by atoms with E-state index in [2.05, 4.69) is 20.8 Å². The van der Waals surface area contributed by atoms with Crippen molar-refractivity contribution < 1.29 is 28.6 Å². The first kappa shape index (κ1) is 43.5. The van der Waals surface area contributed by atoms with Gasteiger partial charge in [0.05, 0.1) is 19.8 Å². The average molecular weight is 676 g/mol. The van der Waals surface area contributed by atoms with E-state index in [4.69, 9.17) is 14.2 Å². The molecule has 9 heteroatoms. The number of unbranched alkanes of at least 4 members (excludes halogenated alkanes) is 3. The highest BCUT2D eigenvalue weighted by molar-refractivity contribution is 5.78. The average Bonchev–Trinajstić information content (AvgIpc) is 3.08. The van der Waals surface area contributed by atoms with Gasteiger partial charge in [-0.1, -0.05) is 40.0 Å². The third kappa shape index (κ3) is 13.8. The standard InChI is InChI=1S/C39H69N3O6/c1-10-19-22-31-34(25-46-28-37(43)40(13-4)14-5)32(23-20-11-2)36(27-48-30-39(45)42(17-8)18-9)33(24-21-12-3)35(31)26-47-29-38(44)41(15-6)16-7/h10-30H2,1-9H3. The van der Waals surface area contributed by atoms with Crippen molar-refractivity contribution >= 4 is 17.7 Å². The van der Waals surface area contributed by atoms with E-state index in [9.17, 15) is 14.4 Å². The van der Waals surface area contributed by atoms with Gasteiger partial charge in [0.25, 0.3) is 0 Å². The minimum atomic E-state index is -0.0123. The van der Waals surface area contributed by atoms with E-state index in [1.54, 1.807) is 14.7 Å². The lowest BCUT2D eigenvalue weighted by Crippen LogP contribution is -2.34. The van der Waals surface area contributed by atoms with E-state index >= 15 is 0 Å². The number of nitrogens with zero attached hydrogens (tertiary/aromatic N) is 3. The van der Waals surface area contributed by atoms with Gasteiger partial charge in [0.2, 0.25) is 17.7 Å². The molecule has 0 heterocycles. The summed E-state index contributed by atoms with van der Waals surface area (Å²) >= 11 is 0. The van der Waals surface area contributed by atoms with E-state index in [1.807, 2.05) is 41.5 Å². The Hall–Kier alpha value is -2.49. The predicted molar refractivity (Wildman–Crippen MR) is 195 cm³/mol. The molecule has 3 amide bonds. The van der Waals surface area contributed by atoms with E-state index in [0.717, 1.165) is 74.5 Å². The Morgan fingerprint density at radius 3 is 0.812 bits per heavy atom. The quantitative estimate of drug-likeness (QED) is 0.101. The molecule has 48 heavy (non-hydrogen) atoms. The number of benzene rings is 1. The molecule has 0 N–H and O–H groups in total. The van der Waals surface area contributed by atoms with Crippen molar-refractivity contribution in [3.05, 3.63) is 33.4 Å². The predicted octanol–water partition coefficient (Wildman–Crippen LogP) is 6.87. The van der Waals surface area contributed by atoms with Gasteiger partial charge in [-0.25, -0.2) is 0 Å². The zero-order valence-electron chi connectivity index (χ0n) is 32.1. The molecule has 0 spiro atoms. The molecule has 0 unspecified atom stereocenters. The van der Waals surface area contributed by atoms with Gasteiger partial charge in [-0.15, -0.1) is 0 Å². The molecule has 1 aromatic carbocycles. The van der Waals surface area contributed by atoms with Gasteiger partial charge in [-0.05, 0) is 113 Å². The van der Waals surface area contributed by atoms with Crippen molar-refractivity contribution in [2.75, 3.05) is 59.1 Å². The first-order valence-corrected chi connectivity index (χ1v) is 19.0. The molecule has 0 radical (unpaired) electrons. The highest BCUT2D eigenvalue weighted by Crippen LogP contribution is 2.34. The van der Waals surface area contributed by atoms with E-state index in [0.29, 0.717) is 59.1 Å². The molecule has 0 atom stereocenters. The van der Waals surface area contributed by atoms with Crippen LogP contribution < -0.4 is 0 Å². The summed E-state index contributed by atoms with van der Waals surface area (Å²) in [6.45, 7) is 23.4. The molecule has 0 bridgehead atoms. The van der Waals surface area contributed by atoms with Crippen LogP contribution in [0.2, 0.25) is 0 Å². The maximum absolute atomic E-state index is 12.9. The molecule has 0 saturated heterocycles. The fourth-order valence-electron chi connectivity index (χ4n) is 6.31. The van der Waals surface area contributed by atoms with E-state index in [-0.39, 0.29) is 37.5 Å². The zero-order valence-corrected chi connectivity index (χ0v) is 32.1. The Balaban J connectivity index is 3.84. The molecule has 276 valence electrons. The molecule has 0 aliphatic rings. The largest absolute Gasteiger partial charge is 0.367 e. The molecular weight excluding hydrogens is 606 g/mol. The number of ether oxygens (including phenoxy) is 3. The van der Waals surface area contributed by atoms with Crippen LogP contribution in [0.5, 0.6) is 0 Å². The molecule has 1 aromatic rings. The summed E-state index contributed by atoms with van der Waals surface area (Å²) < 4.78 is 18.8. The van der Waals surface area contributed by atoms with Crippen LogP contribution in [0.4, 0.5) is 0 Å². The number of rotatable bonds is 27. The highest BCUT2D eigenvalue weighted by Gasteiger charge is 2.25. The van der Waals surface area contributed by atoms with Crippen molar-refractivity contribution in [2.45, 2.75) is 140 Å². The van der Waals surface area contributed by atoms with Gasteiger partial charge < -0.3 is 28.9 Å². The lowest BCUT2D eigenvalue weighted by Gasteiger charge is -2.28. The molecule has 0 aromatic heterocycles. The van der Waals surface area contributed by atoms with Crippen LogP contribution in [0.15, 0.2) is 0 Å². The smallest absolute Gasteiger partial charge is 0.248 e. The van der Waals surface area contributed by atoms with Crippen molar-refractivity contribution in [1.29, 1.82) is 0 Å². The van der Waals surface area contributed by atoms with Crippen LogP contribution >= 0.6 is 0 Å². The third-order valence-electron chi connectivity index (χ3n) is 9.29. The molecule has 0 fully saturated rings. The minimum absolute atomic E-state index is 0.0123. The lowest BCUT2D eigenvalue weighted by molar-refractivity contribution is -0.136. The first-order chi connectivity index (χ1) is 23.2. The summed E-state index contributed by atoms with van der Waals surface area (Å²) in [5.41, 5.74) is 7.03. The summed E-state index contributed by atoms with van der Waals surface area (Å²) in [5, 5.41) is 0. The summed E-state index contributed by atoms with van der Waals surface area (Å²) in [7, 11) is 0. The van der Waals surface area contributed by atoms with Gasteiger partial charge in [0.15, 0.2) is 0 Å². The highest BCUT2D eigenvalue weighted by atomic mass is 16.5. The van der Waals surface area contributed by atoms with Crippen LogP contribution in [0, 0.1) is 0 Å². The van der Waals surface area contributed by atoms with E-state index in [1.165, 1.54) is 16.7 Å². The third-order valence-corrected chi connectivity index (χ3v) is 9.29.